The Morgan fingerprint density at radius 2 is 1.83 bits per heavy atom. The first-order valence-electron chi connectivity index (χ1n) is 8.53. The molecule has 0 radical (unpaired) electrons. The van der Waals surface area contributed by atoms with Crippen molar-refractivity contribution in [2.75, 3.05) is 5.32 Å². The Morgan fingerprint density at radius 1 is 1.07 bits per heavy atom. The maximum Gasteiger partial charge on any atom is 0.345 e. The molecule has 152 valence electrons. The van der Waals surface area contributed by atoms with Gasteiger partial charge in [0.05, 0.1) is 16.8 Å². The molecule has 0 unspecified atom stereocenters. The number of carbonyl (C=O) groups is 1. The van der Waals surface area contributed by atoms with E-state index in [0.717, 1.165) is 0 Å². The maximum absolute atomic E-state index is 12.9. The third-order valence-electron chi connectivity index (χ3n) is 3.70. The minimum Gasteiger partial charge on any atom is -0.423 e. The Labute approximate surface area is 187 Å². The lowest BCUT2D eigenvalue weighted by molar-refractivity contribution is 0.0735. The highest BCUT2D eigenvalue weighted by atomic mass is 35.5. The Hall–Kier alpha value is -3.00. The van der Waals surface area contributed by atoms with Crippen molar-refractivity contribution in [2.24, 2.45) is 5.10 Å². The number of halogens is 3. The molecule has 3 aromatic rings. The Bertz CT molecular complexity index is 1110. The average molecular weight is 462 g/mol. The molecule has 3 aromatic carbocycles. The second-order valence-electron chi connectivity index (χ2n) is 5.92. The number of hydrazone groups is 1. The Kier molecular flexibility index (Phi) is 7.35. The molecule has 2 N–H and O–H groups in total. The first kappa shape index (κ1) is 21.7. The van der Waals surface area contributed by atoms with Crippen molar-refractivity contribution in [1.29, 1.82) is 0 Å². The molecule has 0 saturated carbocycles. The molecule has 30 heavy (non-hydrogen) atoms. The van der Waals surface area contributed by atoms with Crippen molar-refractivity contribution in [2.45, 2.75) is 0 Å². The van der Waals surface area contributed by atoms with Gasteiger partial charge in [0, 0.05) is 10.7 Å². The van der Waals surface area contributed by atoms with Crippen LogP contribution in [-0.4, -0.2) is 17.3 Å². The zero-order chi connectivity index (χ0) is 21.5. The molecule has 3 rings (SSSR count). The van der Waals surface area contributed by atoms with E-state index in [1.807, 2.05) is 0 Å². The normalized spacial score (nSPS) is 10.6. The Balaban J connectivity index is 1.58. The van der Waals surface area contributed by atoms with Crippen LogP contribution >= 0.6 is 35.4 Å². The minimum atomic E-state index is -0.603. The van der Waals surface area contributed by atoms with E-state index in [9.17, 15) is 9.18 Å². The van der Waals surface area contributed by atoms with Gasteiger partial charge in [0.1, 0.15) is 11.6 Å². The minimum absolute atomic E-state index is 0.205. The van der Waals surface area contributed by atoms with Gasteiger partial charge in [-0.05, 0) is 72.4 Å². The summed E-state index contributed by atoms with van der Waals surface area (Å²) in [5.41, 5.74) is 4.15. The van der Waals surface area contributed by atoms with Crippen molar-refractivity contribution in [3.8, 4) is 5.75 Å². The zero-order valence-corrected chi connectivity index (χ0v) is 17.6. The lowest BCUT2D eigenvalue weighted by Crippen LogP contribution is -2.23. The van der Waals surface area contributed by atoms with Crippen LogP contribution in [0.15, 0.2) is 71.8 Å². The molecule has 9 heteroatoms. The quantitative estimate of drug-likeness (QED) is 0.168. The van der Waals surface area contributed by atoms with Gasteiger partial charge in [0.2, 0.25) is 0 Å². The van der Waals surface area contributed by atoms with Gasteiger partial charge in [-0.1, -0.05) is 35.3 Å². The average Bonchev–Trinajstić information content (AvgIpc) is 2.70. The number of rotatable bonds is 5. The maximum atomic E-state index is 12.9. The number of benzene rings is 3. The van der Waals surface area contributed by atoms with E-state index in [1.165, 1.54) is 30.5 Å². The van der Waals surface area contributed by atoms with Gasteiger partial charge < -0.3 is 10.1 Å². The van der Waals surface area contributed by atoms with Gasteiger partial charge >= 0.3 is 5.97 Å². The molecule has 0 aliphatic carbocycles. The van der Waals surface area contributed by atoms with Crippen molar-refractivity contribution in [1.82, 2.24) is 5.43 Å². The smallest absolute Gasteiger partial charge is 0.345 e. The fourth-order valence-corrected chi connectivity index (χ4v) is 2.99. The van der Waals surface area contributed by atoms with Crippen LogP contribution in [0, 0.1) is 5.82 Å². The standard InChI is InChI=1S/C21H14Cl2FN3O2S/c22-14-4-9-18(19(23)11-14)20(28)29-17-3-1-2-13(10-17)12-25-27-21(30)26-16-7-5-15(24)6-8-16/h1-12H,(H2,26,27,30). The molecule has 0 aliphatic rings. The van der Waals surface area contributed by atoms with Crippen LogP contribution in [0.5, 0.6) is 5.75 Å². The van der Waals surface area contributed by atoms with Crippen LogP contribution in [0.25, 0.3) is 0 Å². The molecule has 0 aliphatic heterocycles. The van der Waals surface area contributed by atoms with Gasteiger partial charge in [0.25, 0.3) is 0 Å². The molecule has 0 aromatic heterocycles. The fraction of sp³-hybridized carbons (Fsp3) is 0. The summed E-state index contributed by atoms with van der Waals surface area (Å²) in [6.45, 7) is 0. The van der Waals surface area contributed by atoms with E-state index >= 15 is 0 Å². The van der Waals surface area contributed by atoms with Crippen molar-refractivity contribution in [3.05, 3.63) is 93.7 Å². The molecule has 0 amide bonds. The number of thiocarbonyl (C=S) groups is 1. The number of hydrogen-bond acceptors (Lipinski definition) is 4. The summed E-state index contributed by atoms with van der Waals surface area (Å²) in [7, 11) is 0. The van der Waals surface area contributed by atoms with E-state index in [2.05, 4.69) is 15.8 Å². The van der Waals surface area contributed by atoms with Crippen LogP contribution in [0.4, 0.5) is 10.1 Å². The number of nitrogens with one attached hydrogen (secondary N) is 2. The molecular weight excluding hydrogens is 448 g/mol. The zero-order valence-electron chi connectivity index (χ0n) is 15.2. The van der Waals surface area contributed by atoms with Crippen molar-refractivity contribution >= 4 is 58.4 Å². The molecule has 0 bridgehead atoms. The molecule has 0 saturated heterocycles. The van der Waals surface area contributed by atoms with Gasteiger partial charge in [0.15, 0.2) is 5.11 Å². The van der Waals surface area contributed by atoms with E-state index in [0.29, 0.717) is 22.0 Å². The summed E-state index contributed by atoms with van der Waals surface area (Å²) in [6, 6.07) is 17.0. The topological polar surface area (TPSA) is 62.7 Å². The lowest BCUT2D eigenvalue weighted by Gasteiger charge is -2.07. The molecule has 0 spiro atoms. The van der Waals surface area contributed by atoms with Crippen LogP contribution in [0.1, 0.15) is 15.9 Å². The molecule has 0 fully saturated rings. The van der Waals surface area contributed by atoms with Crippen LogP contribution in [0.2, 0.25) is 10.0 Å². The van der Waals surface area contributed by atoms with Crippen LogP contribution < -0.4 is 15.5 Å². The number of nitrogens with zero attached hydrogens (tertiary/aromatic N) is 1. The van der Waals surface area contributed by atoms with E-state index in [4.69, 9.17) is 40.2 Å². The fourth-order valence-electron chi connectivity index (χ4n) is 2.33. The lowest BCUT2D eigenvalue weighted by atomic mass is 10.2. The third-order valence-corrected chi connectivity index (χ3v) is 4.44. The van der Waals surface area contributed by atoms with Gasteiger partial charge in [-0.25, -0.2) is 9.18 Å². The third kappa shape index (κ3) is 6.25. The van der Waals surface area contributed by atoms with E-state index in [1.54, 1.807) is 42.5 Å². The first-order chi connectivity index (χ1) is 14.4. The predicted octanol–water partition coefficient (Wildman–Crippen LogP) is 5.67. The number of carbonyl (C=O) groups excluding carboxylic acids is 1. The Morgan fingerprint density at radius 3 is 2.57 bits per heavy atom. The highest BCUT2D eigenvalue weighted by Gasteiger charge is 2.13. The van der Waals surface area contributed by atoms with Crippen LogP contribution in [-0.2, 0) is 0 Å². The van der Waals surface area contributed by atoms with E-state index < -0.39 is 5.97 Å². The SMILES string of the molecule is O=C(Oc1cccc(C=NNC(=S)Nc2ccc(F)cc2)c1)c1ccc(Cl)cc1Cl. The highest BCUT2D eigenvalue weighted by molar-refractivity contribution is 7.80. The van der Waals surface area contributed by atoms with E-state index in [-0.39, 0.29) is 21.5 Å². The summed E-state index contributed by atoms with van der Waals surface area (Å²) in [4.78, 5) is 12.3. The van der Waals surface area contributed by atoms with Gasteiger partial charge in [-0.3, -0.25) is 5.43 Å². The largest absolute Gasteiger partial charge is 0.423 e. The first-order valence-corrected chi connectivity index (χ1v) is 9.70. The second kappa shape index (κ2) is 10.2. The number of ether oxygens (including phenoxy) is 1. The molecule has 0 heterocycles. The number of esters is 1. The number of hydrogen-bond donors (Lipinski definition) is 2. The van der Waals surface area contributed by atoms with Crippen molar-refractivity contribution in [3.63, 3.8) is 0 Å². The second-order valence-corrected chi connectivity index (χ2v) is 7.17. The summed E-state index contributed by atoms with van der Waals surface area (Å²) in [5.74, 6) is -0.619. The summed E-state index contributed by atoms with van der Waals surface area (Å²) in [5, 5.41) is 7.76. The predicted molar refractivity (Wildman–Crippen MR) is 121 cm³/mol. The van der Waals surface area contributed by atoms with Gasteiger partial charge in [-0.2, -0.15) is 5.10 Å². The molecule has 0 atom stereocenters. The molecule has 5 nitrogen and oxygen atoms in total. The number of anilines is 1. The van der Waals surface area contributed by atoms with Crippen molar-refractivity contribution < 1.29 is 13.9 Å². The molecular formula is C21H14Cl2FN3O2S. The summed E-state index contributed by atoms with van der Waals surface area (Å²) >= 11 is 17.0. The van der Waals surface area contributed by atoms with Gasteiger partial charge in [-0.15, -0.1) is 0 Å². The summed E-state index contributed by atoms with van der Waals surface area (Å²) < 4.78 is 18.3. The summed E-state index contributed by atoms with van der Waals surface area (Å²) in [6.07, 6.45) is 1.51. The highest BCUT2D eigenvalue weighted by Crippen LogP contribution is 2.23. The van der Waals surface area contributed by atoms with Crippen LogP contribution in [0.3, 0.4) is 0 Å². The monoisotopic (exact) mass is 461 g/mol.